The second kappa shape index (κ2) is 4.35. The minimum atomic E-state index is -0.884. The van der Waals surface area contributed by atoms with E-state index >= 15 is 0 Å². The van der Waals surface area contributed by atoms with Crippen molar-refractivity contribution >= 4 is 17.8 Å². The molecular formula is C11H16N2O4. The number of amides is 2. The minimum Gasteiger partial charge on any atom is -0.481 e. The molecule has 2 aliphatic rings. The number of carboxylic acid groups (broad SMARTS) is 1. The predicted molar refractivity (Wildman–Crippen MR) is 58.1 cm³/mol. The van der Waals surface area contributed by atoms with E-state index in [0.29, 0.717) is 32.6 Å². The van der Waals surface area contributed by atoms with Crippen LogP contribution in [0.15, 0.2) is 0 Å². The molecule has 2 atom stereocenters. The number of hydrogen-bond donors (Lipinski definition) is 1. The zero-order chi connectivity index (χ0) is 12.6. The second-order valence-electron chi connectivity index (χ2n) is 4.62. The van der Waals surface area contributed by atoms with Crippen LogP contribution in [0.25, 0.3) is 0 Å². The van der Waals surface area contributed by atoms with Gasteiger partial charge >= 0.3 is 5.97 Å². The van der Waals surface area contributed by atoms with Crippen LogP contribution in [0.3, 0.4) is 0 Å². The number of aliphatic carboxylic acids is 1. The van der Waals surface area contributed by atoms with Crippen LogP contribution >= 0.6 is 0 Å². The standard InChI is InChI=1S/C11H16N2O4/c1-7(14)12-2-4-13(5-3-12)10(15)8-6-9(8)11(16)17/h8-9H,2-6H2,1H3,(H,16,17). The Morgan fingerprint density at radius 1 is 1.00 bits per heavy atom. The number of carboxylic acids is 1. The molecule has 0 bridgehead atoms. The second-order valence-corrected chi connectivity index (χ2v) is 4.62. The van der Waals surface area contributed by atoms with Crippen molar-refractivity contribution in [3.05, 3.63) is 0 Å². The van der Waals surface area contributed by atoms with E-state index < -0.39 is 11.9 Å². The van der Waals surface area contributed by atoms with E-state index in [-0.39, 0.29) is 17.7 Å². The maximum atomic E-state index is 11.9. The minimum absolute atomic E-state index is 0.0203. The third-order valence-electron chi connectivity index (χ3n) is 3.46. The molecule has 1 aliphatic heterocycles. The highest BCUT2D eigenvalue weighted by Crippen LogP contribution is 2.40. The molecule has 6 nitrogen and oxygen atoms in total. The van der Waals surface area contributed by atoms with Crippen molar-refractivity contribution in [2.24, 2.45) is 11.8 Å². The maximum absolute atomic E-state index is 11.9. The third-order valence-corrected chi connectivity index (χ3v) is 3.46. The molecule has 1 N–H and O–H groups in total. The van der Waals surface area contributed by atoms with E-state index in [4.69, 9.17) is 5.11 Å². The van der Waals surface area contributed by atoms with Crippen LogP contribution in [-0.2, 0) is 14.4 Å². The molecule has 2 fully saturated rings. The maximum Gasteiger partial charge on any atom is 0.307 e. The molecule has 1 saturated carbocycles. The summed E-state index contributed by atoms with van der Waals surface area (Å²) in [6, 6.07) is 0. The summed E-state index contributed by atoms with van der Waals surface area (Å²) >= 11 is 0. The Balaban J connectivity index is 1.83. The molecule has 1 aliphatic carbocycles. The summed E-state index contributed by atoms with van der Waals surface area (Å²) in [5, 5.41) is 8.76. The van der Waals surface area contributed by atoms with Gasteiger partial charge in [0.1, 0.15) is 0 Å². The van der Waals surface area contributed by atoms with Crippen LogP contribution in [0.2, 0.25) is 0 Å². The Bertz CT molecular complexity index is 360. The summed E-state index contributed by atoms with van der Waals surface area (Å²) in [6.45, 7) is 3.64. The average molecular weight is 240 g/mol. The van der Waals surface area contributed by atoms with Crippen LogP contribution in [0.4, 0.5) is 0 Å². The normalized spacial score (nSPS) is 27.8. The average Bonchev–Trinajstić information content (AvgIpc) is 3.08. The van der Waals surface area contributed by atoms with Gasteiger partial charge in [0.2, 0.25) is 11.8 Å². The number of carbonyl (C=O) groups excluding carboxylic acids is 2. The number of piperazine rings is 1. The first kappa shape index (κ1) is 11.9. The predicted octanol–water partition coefficient (Wildman–Crippen LogP) is -0.602. The Morgan fingerprint density at radius 3 is 1.94 bits per heavy atom. The number of carbonyl (C=O) groups is 3. The lowest BCUT2D eigenvalue weighted by Gasteiger charge is -2.34. The van der Waals surface area contributed by atoms with E-state index in [1.54, 1.807) is 9.80 Å². The van der Waals surface area contributed by atoms with Crippen LogP contribution in [0.5, 0.6) is 0 Å². The molecule has 0 spiro atoms. The Labute approximate surface area is 99.2 Å². The summed E-state index contributed by atoms with van der Waals surface area (Å²) in [5.74, 6) is -1.76. The summed E-state index contributed by atoms with van der Waals surface area (Å²) in [7, 11) is 0. The van der Waals surface area contributed by atoms with E-state index in [9.17, 15) is 14.4 Å². The highest BCUT2D eigenvalue weighted by atomic mass is 16.4. The monoisotopic (exact) mass is 240 g/mol. The molecule has 1 heterocycles. The first-order chi connectivity index (χ1) is 8.00. The zero-order valence-electron chi connectivity index (χ0n) is 9.76. The number of rotatable bonds is 2. The van der Waals surface area contributed by atoms with E-state index in [0.717, 1.165) is 0 Å². The van der Waals surface area contributed by atoms with Crippen LogP contribution in [0.1, 0.15) is 13.3 Å². The van der Waals surface area contributed by atoms with E-state index in [2.05, 4.69) is 0 Å². The van der Waals surface area contributed by atoms with Gasteiger partial charge in [-0.1, -0.05) is 0 Å². The smallest absolute Gasteiger partial charge is 0.307 e. The van der Waals surface area contributed by atoms with Crippen LogP contribution < -0.4 is 0 Å². The summed E-state index contributed by atoms with van der Waals surface area (Å²) < 4.78 is 0. The van der Waals surface area contributed by atoms with Crippen LogP contribution in [0, 0.1) is 11.8 Å². The van der Waals surface area contributed by atoms with E-state index in [1.165, 1.54) is 6.92 Å². The summed E-state index contributed by atoms with van der Waals surface area (Å²) in [4.78, 5) is 37.1. The highest BCUT2D eigenvalue weighted by molar-refractivity contribution is 5.89. The fourth-order valence-corrected chi connectivity index (χ4v) is 2.22. The van der Waals surface area contributed by atoms with Gasteiger partial charge in [-0.2, -0.15) is 0 Å². The first-order valence-electron chi connectivity index (χ1n) is 5.78. The molecule has 94 valence electrons. The van der Waals surface area contributed by atoms with Gasteiger partial charge in [0.05, 0.1) is 11.8 Å². The van der Waals surface area contributed by atoms with Gasteiger partial charge in [-0.05, 0) is 6.42 Å². The van der Waals surface area contributed by atoms with Gasteiger partial charge in [-0.25, -0.2) is 0 Å². The van der Waals surface area contributed by atoms with Gasteiger partial charge in [0.25, 0.3) is 0 Å². The lowest BCUT2D eigenvalue weighted by molar-refractivity contribution is -0.143. The molecule has 2 rings (SSSR count). The van der Waals surface area contributed by atoms with Crippen LogP contribution in [-0.4, -0.2) is 58.9 Å². The third kappa shape index (κ3) is 2.40. The summed E-state index contributed by atoms with van der Waals surface area (Å²) in [5.41, 5.74) is 0. The molecule has 0 radical (unpaired) electrons. The molecule has 6 heteroatoms. The fraction of sp³-hybridized carbons (Fsp3) is 0.727. The van der Waals surface area contributed by atoms with Crippen molar-refractivity contribution in [2.45, 2.75) is 13.3 Å². The number of hydrogen-bond acceptors (Lipinski definition) is 3. The Kier molecular flexibility index (Phi) is 3.04. The molecule has 0 aromatic heterocycles. The Morgan fingerprint density at radius 2 is 1.53 bits per heavy atom. The van der Waals surface area contributed by atoms with Crippen molar-refractivity contribution in [2.75, 3.05) is 26.2 Å². The highest BCUT2D eigenvalue weighted by Gasteiger charge is 2.50. The quantitative estimate of drug-likeness (QED) is 0.699. The van der Waals surface area contributed by atoms with Crippen molar-refractivity contribution in [3.63, 3.8) is 0 Å². The van der Waals surface area contributed by atoms with Gasteiger partial charge < -0.3 is 14.9 Å². The SMILES string of the molecule is CC(=O)N1CCN(C(=O)C2CC2C(=O)O)CC1. The van der Waals surface area contributed by atoms with Crippen molar-refractivity contribution in [1.82, 2.24) is 9.80 Å². The summed E-state index contributed by atoms with van der Waals surface area (Å²) in [6.07, 6.45) is 0.459. The van der Waals surface area contributed by atoms with Gasteiger partial charge in [-0.3, -0.25) is 14.4 Å². The molecule has 0 aromatic carbocycles. The van der Waals surface area contributed by atoms with Gasteiger partial charge in [0, 0.05) is 33.1 Å². The lowest BCUT2D eigenvalue weighted by Crippen LogP contribution is -2.50. The lowest BCUT2D eigenvalue weighted by atomic mass is 10.2. The molecule has 2 unspecified atom stereocenters. The van der Waals surface area contributed by atoms with E-state index in [1.807, 2.05) is 0 Å². The molecular weight excluding hydrogens is 224 g/mol. The Hall–Kier alpha value is -1.59. The molecule has 1 saturated heterocycles. The van der Waals surface area contributed by atoms with Crippen molar-refractivity contribution < 1.29 is 19.5 Å². The van der Waals surface area contributed by atoms with Gasteiger partial charge in [-0.15, -0.1) is 0 Å². The molecule has 0 aromatic rings. The zero-order valence-corrected chi connectivity index (χ0v) is 9.76. The first-order valence-corrected chi connectivity index (χ1v) is 5.78. The molecule has 2 amide bonds. The topological polar surface area (TPSA) is 77.9 Å². The van der Waals surface area contributed by atoms with Crippen molar-refractivity contribution in [3.8, 4) is 0 Å². The van der Waals surface area contributed by atoms with Gasteiger partial charge in [0.15, 0.2) is 0 Å². The number of nitrogens with zero attached hydrogens (tertiary/aromatic N) is 2. The fourth-order valence-electron chi connectivity index (χ4n) is 2.22. The largest absolute Gasteiger partial charge is 0.481 e. The van der Waals surface area contributed by atoms with Crippen molar-refractivity contribution in [1.29, 1.82) is 0 Å². The molecule has 17 heavy (non-hydrogen) atoms.